The van der Waals surface area contributed by atoms with Gasteiger partial charge in [0.1, 0.15) is 6.17 Å². The van der Waals surface area contributed by atoms with Crippen molar-refractivity contribution in [2.24, 2.45) is 10.9 Å². The molecule has 3 heteroatoms. The predicted octanol–water partition coefficient (Wildman–Crippen LogP) is 5.47. The van der Waals surface area contributed by atoms with E-state index in [0.29, 0.717) is 18.2 Å². The van der Waals surface area contributed by atoms with Crippen molar-refractivity contribution in [3.05, 3.63) is 70.7 Å². The molecule has 0 bridgehead atoms. The van der Waals surface area contributed by atoms with Crippen molar-refractivity contribution < 1.29 is 0 Å². The number of rotatable bonds is 3. The van der Waals surface area contributed by atoms with Crippen molar-refractivity contribution in [1.82, 2.24) is 4.90 Å². The smallest absolute Gasteiger partial charge is 0.106 e. The molecule has 25 heavy (non-hydrogen) atoms. The zero-order valence-electron chi connectivity index (χ0n) is 14.3. The molecule has 0 aromatic heterocycles. The monoisotopic (exact) mass is 350 g/mol. The summed E-state index contributed by atoms with van der Waals surface area (Å²) in [7, 11) is 0. The van der Waals surface area contributed by atoms with E-state index in [1.807, 2.05) is 12.1 Å². The van der Waals surface area contributed by atoms with Gasteiger partial charge in [-0.25, -0.2) is 0 Å². The van der Waals surface area contributed by atoms with E-state index in [2.05, 4.69) is 47.4 Å². The lowest BCUT2D eigenvalue weighted by Crippen LogP contribution is -2.27. The largest absolute Gasteiger partial charge is 0.268 e. The minimum atomic E-state index is 0.362. The third-order valence-corrected chi connectivity index (χ3v) is 6.31. The van der Waals surface area contributed by atoms with Gasteiger partial charge < -0.3 is 0 Å². The molecule has 1 saturated carbocycles. The van der Waals surface area contributed by atoms with E-state index in [1.165, 1.54) is 48.9 Å². The minimum absolute atomic E-state index is 0.362. The number of halogens is 1. The van der Waals surface area contributed by atoms with Gasteiger partial charge >= 0.3 is 0 Å². The lowest BCUT2D eigenvalue weighted by atomic mass is 9.87. The van der Waals surface area contributed by atoms with Gasteiger partial charge in [-0.2, -0.15) is 0 Å². The first-order valence-corrected chi connectivity index (χ1v) is 9.87. The van der Waals surface area contributed by atoms with Crippen LogP contribution < -0.4 is 0 Å². The van der Waals surface area contributed by atoms with Crippen LogP contribution in [0.1, 0.15) is 49.3 Å². The summed E-state index contributed by atoms with van der Waals surface area (Å²) in [6.07, 6.45) is 7.13. The topological polar surface area (TPSA) is 15.4 Å². The van der Waals surface area contributed by atoms with Gasteiger partial charge in [0.2, 0.25) is 0 Å². The summed E-state index contributed by atoms with van der Waals surface area (Å²) in [4.78, 5) is 7.87. The lowest BCUT2D eigenvalue weighted by molar-refractivity contribution is 0.219. The van der Waals surface area contributed by atoms with E-state index in [0.717, 1.165) is 10.9 Å². The molecule has 2 aliphatic heterocycles. The SMILES string of the molecule is Clc1ccc(C2=N[C@@H](C3CCCCC3)N3[C@H](c4ccccc4)[C@H]23)cc1. The van der Waals surface area contributed by atoms with Gasteiger partial charge in [0.05, 0.1) is 17.8 Å². The summed E-state index contributed by atoms with van der Waals surface area (Å²) in [5.41, 5.74) is 3.92. The van der Waals surface area contributed by atoms with E-state index in [4.69, 9.17) is 16.6 Å². The Kier molecular flexibility index (Phi) is 3.91. The molecule has 2 aromatic rings. The van der Waals surface area contributed by atoms with Gasteiger partial charge in [0.15, 0.2) is 0 Å². The maximum absolute atomic E-state index is 6.09. The van der Waals surface area contributed by atoms with Crippen LogP contribution in [0.3, 0.4) is 0 Å². The first-order chi connectivity index (χ1) is 12.3. The van der Waals surface area contributed by atoms with Crippen LogP contribution in [-0.2, 0) is 0 Å². The minimum Gasteiger partial charge on any atom is -0.268 e. The molecule has 2 heterocycles. The van der Waals surface area contributed by atoms with Crippen LogP contribution in [0.25, 0.3) is 0 Å². The Morgan fingerprint density at radius 2 is 1.56 bits per heavy atom. The Bertz CT molecular complexity index is 777. The average Bonchev–Trinajstić information content (AvgIpc) is 3.28. The summed E-state index contributed by atoms with van der Waals surface area (Å²) in [5.74, 6) is 0.717. The molecule has 0 spiro atoms. The third kappa shape index (κ3) is 2.72. The molecule has 0 N–H and O–H groups in total. The van der Waals surface area contributed by atoms with Gasteiger partial charge in [-0.3, -0.25) is 9.89 Å². The van der Waals surface area contributed by atoms with Gasteiger partial charge in [0.25, 0.3) is 0 Å². The molecule has 2 nitrogen and oxygen atoms in total. The number of hydrogen-bond acceptors (Lipinski definition) is 2. The van der Waals surface area contributed by atoms with E-state index < -0.39 is 0 Å². The number of fused-ring (bicyclic) bond motifs is 1. The molecular weight excluding hydrogens is 328 g/mol. The highest BCUT2D eigenvalue weighted by Gasteiger charge is 2.60. The van der Waals surface area contributed by atoms with Crippen LogP contribution in [0, 0.1) is 5.92 Å². The van der Waals surface area contributed by atoms with Crippen LogP contribution in [0.4, 0.5) is 0 Å². The fourth-order valence-corrected chi connectivity index (χ4v) is 4.93. The quantitative estimate of drug-likeness (QED) is 0.669. The van der Waals surface area contributed by atoms with Crippen molar-refractivity contribution in [2.75, 3.05) is 0 Å². The van der Waals surface area contributed by atoms with Crippen LogP contribution in [0.5, 0.6) is 0 Å². The normalized spacial score (nSPS) is 31.5. The third-order valence-electron chi connectivity index (χ3n) is 6.06. The Morgan fingerprint density at radius 1 is 0.840 bits per heavy atom. The molecule has 128 valence electrons. The maximum Gasteiger partial charge on any atom is 0.106 e. The lowest BCUT2D eigenvalue weighted by Gasteiger charge is -2.28. The first kappa shape index (κ1) is 15.6. The average molecular weight is 351 g/mol. The Balaban J connectivity index is 1.50. The first-order valence-electron chi connectivity index (χ1n) is 9.49. The van der Waals surface area contributed by atoms with Crippen LogP contribution in [0.15, 0.2) is 59.6 Å². The fourth-order valence-electron chi connectivity index (χ4n) is 4.80. The summed E-state index contributed by atoms with van der Waals surface area (Å²) in [6.45, 7) is 0. The number of hydrogen-bond donors (Lipinski definition) is 0. The molecule has 1 aliphatic carbocycles. The summed E-state index contributed by atoms with van der Waals surface area (Å²) >= 11 is 6.09. The molecule has 2 aromatic carbocycles. The highest BCUT2D eigenvalue weighted by atomic mass is 35.5. The number of benzene rings is 2. The molecule has 1 saturated heterocycles. The van der Waals surface area contributed by atoms with Crippen molar-refractivity contribution in [2.45, 2.75) is 50.4 Å². The second-order valence-electron chi connectivity index (χ2n) is 7.58. The number of nitrogens with zero attached hydrogens (tertiary/aromatic N) is 2. The molecule has 5 rings (SSSR count). The van der Waals surface area contributed by atoms with Gasteiger partial charge in [-0.05, 0) is 42.0 Å². The molecule has 0 radical (unpaired) electrons. The molecule has 2 fully saturated rings. The molecule has 1 unspecified atom stereocenters. The second-order valence-corrected chi connectivity index (χ2v) is 8.02. The molecular formula is C22H23ClN2. The highest BCUT2D eigenvalue weighted by Crippen LogP contribution is 2.53. The zero-order chi connectivity index (χ0) is 16.8. The van der Waals surface area contributed by atoms with Gasteiger partial charge in [0, 0.05) is 5.02 Å². The van der Waals surface area contributed by atoms with Crippen LogP contribution >= 0.6 is 11.6 Å². The van der Waals surface area contributed by atoms with Crippen LogP contribution in [0.2, 0.25) is 5.02 Å². The summed E-state index contributed by atoms with van der Waals surface area (Å²) < 4.78 is 0. The van der Waals surface area contributed by atoms with E-state index in [-0.39, 0.29) is 0 Å². The van der Waals surface area contributed by atoms with Gasteiger partial charge in [-0.15, -0.1) is 0 Å². The van der Waals surface area contributed by atoms with Crippen molar-refractivity contribution in [1.29, 1.82) is 0 Å². The highest BCUT2D eigenvalue weighted by molar-refractivity contribution is 6.30. The zero-order valence-corrected chi connectivity index (χ0v) is 15.1. The van der Waals surface area contributed by atoms with Crippen LogP contribution in [-0.4, -0.2) is 22.8 Å². The summed E-state index contributed by atoms with van der Waals surface area (Å²) in [6, 6.07) is 20.1. The van der Waals surface area contributed by atoms with Crippen molar-refractivity contribution in [3.63, 3.8) is 0 Å². The van der Waals surface area contributed by atoms with Crippen molar-refractivity contribution in [3.8, 4) is 0 Å². The molecule has 4 atom stereocenters. The van der Waals surface area contributed by atoms with E-state index in [1.54, 1.807) is 0 Å². The fraction of sp³-hybridized carbons (Fsp3) is 0.409. The second kappa shape index (κ2) is 6.26. The predicted molar refractivity (Wildman–Crippen MR) is 103 cm³/mol. The Hall–Kier alpha value is -1.64. The molecule has 0 amide bonds. The standard InChI is InChI=1S/C22H23ClN2/c23-18-13-11-15(12-14-18)19-21-20(16-7-3-1-4-8-16)25(21)22(24-19)17-9-5-2-6-10-17/h1,3-4,7-8,11-14,17,20-22H,2,5-6,9-10H2/t20-,21+,22-,25?/m1/s1. The van der Waals surface area contributed by atoms with Gasteiger partial charge in [-0.1, -0.05) is 73.3 Å². The molecule has 3 aliphatic rings. The Morgan fingerprint density at radius 3 is 2.28 bits per heavy atom. The van der Waals surface area contributed by atoms with E-state index >= 15 is 0 Å². The van der Waals surface area contributed by atoms with Crippen molar-refractivity contribution >= 4 is 17.3 Å². The maximum atomic E-state index is 6.09. The summed E-state index contributed by atoms with van der Waals surface area (Å²) in [5, 5.41) is 0.790. The Labute approximate surface area is 154 Å². The number of aliphatic imine (C=N–C) groups is 1. The van der Waals surface area contributed by atoms with E-state index in [9.17, 15) is 0 Å².